The number of aliphatic imine (C=N–C) groups is 1. The van der Waals surface area contributed by atoms with Gasteiger partial charge >= 0.3 is 12.4 Å². The molecule has 2 heterocycles. The predicted molar refractivity (Wildman–Crippen MR) is 163 cm³/mol. The Hall–Kier alpha value is -4.58. The van der Waals surface area contributed by atoms with Gasteiger partial charge in [-0.3, -0.25) is 0 Å². The van der Waals surface area contributed by atoms with Gasteiger partial charge < -0.3 is 15.0 Å². The van der Waals surface area contributed by atoms with E-state index in [0.717, 1.165) is 45.8 Å². The summed E-state index contributed by atoms with van der Waals surface area (Å²) in [6.07, 6.45) is -3.27. The molecule has 0 aliphatic carbocycles. The highest BCUT2D eigenvalue weighted by molar-refractivity contribution is 8.14. The van der Waals surface area contributed by atoms with Crippen LogP contribution in [-0.2, 0) is 0 Å². The number of alkyl halides is 3. The average Bonchev–Trinajstić information content (AvgIpc) is 3.63. The highest BCUT2D eigenvalue weighted by Crippen LogP contribution is 2.31. The fourth-order valence-corrected chi connectivity index (χ4v) is 5.65. The van der Waals surface area contributed by atoms with Crippen molar-refractivity contribution in [3.63, 3.8) is 0 Å². The van der Waals surface area contributed by atoms with Gasteiger partial charge in [-0.05, 0) is 74.2 Å². The number of para-hydroxylation sites is 1. The van der Waals surface area contributed by atoms with Crippen LogP contribution in [0.4, 0.5) is 23.7 Å². The lowest BCUT2D eigenvalue weighted by molar-refractivity contribution is -0.274. The molecule has 12 heteroatoms. The molecule has 3 aromatic carbocycles. The van der Waals surface area contributed by atoms with Crippen LogP contribution in [0.5, 0.6) is 5.75 Å². The minimum absolute atomic E-state index is 0.314. The van der Waals surface area contributed by atoms with E-state index in [1.54, 1.807) is 11.8 Å². The van der Waals surface area contributed by atoms with Crippen LogP contribution in [-0.4, -0.2) is 44.6 Å². The van der Waals surface area contributed by atoms with Gasteiger partial charge in [0.25, 0.3) is 0 Å². The first-order valence-electron chi connectivity index (χ1n) is 13.4. The average molecular weight is 607 g/mol. The lowest BCUT2D eigenvalue weighted by Gasteiger charge is -2.22. The molecule has 0 atom stereocenters. The second-order valence-corrected chi connectivity index (χ2v) is 11.0. The zero-order valence-electron chi connectivity index (χ0n) is 23.9. The number of nitrogens with one attached hydrogen (secondary N) is 1. The van der Waals surface area contributed by atoms with Gasteiger partial charge in [0.2, 0.25) is 0 Å². The number of anilines is 1. The highest BCUT2D eigenvalue weighted by atomic mass is 32.2. The number of hydrogen-bond donors (Lipinski definition) is 1. The number of hydrogen-bond acceptors (Lipinski definition) is 5. The molecule has 2 amide bonds. The van der Waals surface area contributed by atoms with Crippen molar-refractivity contribution >= 4 is 34.2 Å². The monoisotopic (exact) mass is 606 g/mol. The molecule has 1 fully saturated rings. The van der Waals surface area contributed by atoms with Gasteiger partial charge in [-0.1, -0.05) is 54.2 Å². The molecule has 0 saturated carbocycles. The molecule has 8 nitrogen and oxygen atoms in total. The number of amides is 2. The minimum atomic E-state index is -4.75. The normalized spacial score (nSPS) is 15.0. The maximum absolute atomic E-state index is 12.9. The molecule has 1 saturated heterocycles. The summed E-state index contributed by atoms with van der Waals surface area (Å²) >= 11 is 1.56. The molecular weight excluding hydrogens is 577 g/mol. The summed E-state index contributed by atoms with van der Waals surface area (Å²) in [5.74, 6) is 0.995. The predicted octanol–water partition coefficient (Wildman–Crippen LogP) is 7.52. The van der Waals surface area contributed by atoms with Crippen molar-refractivity contribution in [1.82, 2.24) is 20.1 Å². The molecule has 1 aromatic heterocycles. The van der Waals surface area contributed by atoms with E-state index in [4.69, 9.17) is 0 Å². The van der Waals surface area contributed by atoms with Crippen LogP contribution in [0.2, 0.25) is 0 Å². The molecule has 43 heavy (non-hydrogen) atoms. The van der Waals surface area contributed by atoms with Gasteiger partial charge in [0.15, 0.2) is 11.0 Å². The number of carbonyl (C=O) groups is 1. The number of aryl methyl sites for hydroxylation is 2. The van der Waals surface area contributed by atoms with Gasteiger partial charge in [-0.2, -0.15) is 4.99 Å². The molecule has 222 valence electrons. The lowest BCUT2D eigenvalue weighted by atomic mass is 10.0. The second kappa shape index (κ2) is 12.3. The summed E-state index contributed by atoms with van der Waals surface area (Å²) in [4.78, 5) is 23.7. The van der Waals surface area contributed by atoms with Gasteiger partial charge in [-0.25, -0.2) is 14.5 Å². The third-order valence-electron chi connectivity index (χ3n) is 6.94. The number of rotatable bonds is 6. The van der Waals surface area contributed by atoms with E-state index in [9.17, 15) is 18.0 Å². The SMILES string of the molecule is C/C(NC(=O)/N=C1\SCCN1c1c(C)cccc1C)=C(/C)c1ccc(-c2ncn(-c3ccc(OC(F)(F)F)cc3)n2)cc1. The van der Waals surface area contributed by atoms with Crippen molar-refractivity contribution in [2.75, 3.05) is 17.2 Å². The van der Waals surface area contributed by atoms with Crippen LogP contribution in [0.15, 0.2) is 83.7 Å². The van der Waals surface area contributed by atoms with E-state index in [-0.39, 0.29) is 5.75 Å². The Balaban J connectivity index is 1.26. The number of halogens is 3. The topological polar surface area (TPSA) is 84.6 Å². The van der Waals surface area contributed by atoms with Gasteiger partial charge in [0.1, 0.15) is 12.1 Å². The van der Waals surface area contributed by atoms with Gasteiger partial charge in [-0.15, -0.1) is 18.3 Å². The first kappa shape index (κ1) is 29.9. The number of benzene rings is 3. The quantitative estimate of drug-likeness (QED) is 0.244. The summed E-state index contributed by atoms with van der Waals surface area (Å²) in [5.41, 5.74) is 7.13. The second-order valence-electron chi connectivity index (χ2n) is 9.95. The number of thioether (sulfide) groups is 1. The summed E-state index contributed by atoms with van der Waals surface area (Å²) in [5, 5.41) is 8.03. The standard InChI is InChI=1S/C31H29F3N6O2S/c1-19-6-5-7-20(2)27(19)39-16-17-43-30(39)37-29(41)36-22(4)21(3)23-8-10-24(11-9-23)28-35-18-40(38-28)25-12-14-26(15-13-25)42-31(32,33)34/h5-15,18H,16-17H2,1-4H3,(H,36,41)/b22-21+,37-30-. The third-order valence-corrected chi connectivity index (χ3v) is 7.90. The zero-order chi connectivity index (χ0) is 30.7. The van der Waals surface area contributed by atoms with E-state index in [1.807, 2.05) is 44.2 Å². The van der Waals surface area contributed by atoms with Crippen molar-refractivity contribution in [2.45, 2.75) is 34.1 Å². The Morgan fingerprint density at radius 3 is 2.33 bits per heavy atom. The van der Waals surface area contributed by atoms with Crippen molar-refractivity contribution in [2.24, 2.45) is 4.99 Å². The number of nitrogens with zero attached hydrogens (tertiary/aromatic N) is 5. The summed E-state index contributed by atoms with van der Waals surface area (Å²) < 4.78 is 42.6. The highest BCUT2D eigenvalue weighted by Gasteiger charge is 2.31. The van der Waals surface area contributed by atoms with E-state index in [2.05, 4.69) is 56.0 Å². The Morgan fingerprint density at radius 1 is 1.00 bits per heavy atom. The maximum atomic E-state index is 12.9. The molecule has 0 bridgehead atoms. The van der Waals surface area contributed by atoms with Crippen molar-refractivity contribution < 1.29 is 22.7 Å². The molecule has 0 radical (unpaired) electrons. The number of ether oxygens (including phenoxy) is 1. The fourth-order valence-electron chi connectivity index (χ4n) is 4.71. The third kappa shape index (κ3) is 7.08. The van der Waals surface area contributed by atoms with Crippen LogP contribution < -0.4 is 15.0 Å². The molecule has 4 aromatic rings. The van der Waals surface area contributed by atoms with Crippen molar-refractivity contribution in [3.8, 4) is 22.8 Å². The maximum Gasteiger partial charge on any atom is 0.573 e. The van der Waals surface area contributed by atoms with E-state index < -0.39 is 12.4 Å². The Labute approximate surface area is 251 Å². The first-order chi connectivity index (χ1) is 20.5. The van der Waals surface area contributed by atoms with Crippen molar-refractivity contribution in [3.05, 3.63) is 95.4 Å². The van der Waals surface area contributed by atoms with Crippen LogP contribution in [0.25, 0.3) is 22.6 Å². The summed E-state index contributed by atoms with van der Waals surface area (Å²) in [6.45, 7) is 8.67. The summed E-state index contributed by atoms with van der Waals surface area (Å²) in [6, 6.07) is 18.6. The van der Waals surface area contributed by atoms with E-state index in [0.29, 0.717) is 22.4 Å². The molecule has 1 aliphatic heterocycles. The minimum Gasteiger partial charge on any atom is -0.406 e. The van der Waals surface area contributed by atoms with Gasteiger partial charge in [0, 0.05) is 29.2 Å². The van der Waals surface area contributed by atoms with Crippen LogP contribution in [0.3, 0.4) is 0 Å². The molecular formula is C31H29F3N6O2S. The first-order valence-corrected chi connectivity index (χ1v) is 14.4. The van der Waals surface area contributed by atoms with Crippen LogP contribution in [0, 0.1) is 13.8 Å². The number of amidine groups is 1. The van der Waals surface area contributed by atoms with Crippen molar-refractivity contribution in [1.29, 1.82) is 0 Å². The Kier molecular flexibility index (Phi) is 8.58. The summed E-state index contributed by atoms with van der Waals surface area (Å²) in [7, 11) is 0. The lowest BCUT2D eigenvalue weighted by Crippen LogP contribution is -2.28. The van der Waals surface area contributed by atoms with Crippen LogP contribution in [0.1, 0.15) is 30.5 Å². The van der Waals surface area contributed by atoms with E-state index in [1.165, 1.54) is 35.3 Å². The number of carbonyl (C=O) groups excluding carboxylic acids is 1. The Bertz CT molecular complexity index is 1680. The van der Waals surface area contributed by atoms with Gasteiger partial charge in [0.05, 0.1) is 5.69 Å². The number of allylic oxidation sites excluding steroid dienone is 2. The molecule has 1 aliphatic rings. The fraction of sp³-hybridized carbons (Fsp3) is 0.226. The Morgan fingerprint density at radius 2 is 1.67 bits per heavy atom. The smallest absolute Gasteiger partial charge is 0.406 e. The molecule has 5 rings (SSSR count). The molecule has 0 unspecified atom stereocenters. The molecule has 0 spiro atoms. The largest absolute Gasteiger partial charge is 0.573 e. The zero-order valence-corrected chi connectivity index (χ0v) is 24.8. The van der Waals surface area contributed by atoms with E-state index >= 15 is 0 Å². The number of aromatic nitrogens is 3. The van der Waals surface area contributed by atoms with Crippen LogP contribution >= 0.6 is 11.8 Å². The molecule has 1 N–H and O–H groups in total. The number of urea groups is 1.